The molecule has 0 saturated heterocycles. The maximum atomic E-state index is 6.04. The first-order chi connectivity index (χ1) is 11.8. The molecule has 0 radical (unpaired) electrons. The summed E-state index contributed by atoms with van der Waals surface area (Å²) in [5, 5.41) is 0. The van der Waals surface area contributed by atoms with Crippen LogP contribution in [-0.4, -0.2) is 65.6 Å². The Hall–Kier alpha value is -0.490. The molecule has 5 nitrogen and oxygen atoms in total. The second kappa shape index (κ2) is 12.0. The minimum absolute atomic E-state index is 0.461. The van der Waals surface area contributed by atoms with Crippen molar-refractivity contribution < 1.29 is 18.9 Å². The fraction of sp³-hybridized carbons (Fsp3) is 0.947. The lowest BCUT2D eigenvalue weighted by Gasteiger charge is -2.41. The number of hydrogen-bond donors (Lipinski definition) is 0. The van der Waals surface area contributed by atoms with Crippen molar-refractivity contribution in [2.75, 3.05) is 52.8 Å². The largest absolute Gasteiger partial charge is 0.377 e. The molecule has 2 aliphatic rings. The molecule has 2 aliphatic carbocycles. The van der Waals surface area contributed by atoms with Crippen LogP contribution in [0.4, 0.5) is 0 Å². The zero-order chi connectivity index (χ0) is 17.0. The predicted molar refractivity (Wildman–Crippen MR) is 95.8 cm³/mol. The van der Waals surface area contributed by atoms with E-state index in [4.69, 9.17) is 18.9 Å². The van der Waals surface area contributed by atoms with Gasteiger partial charge in [0.25, 0.3) is 0 Å². The number of nitrogens with zero attached hydrogens (tertiary/aromatic N) is 1. The Bertz CT molecular complexity index is 321. The molecule has 24 heavy (non-hydrogen) atoms. The van der Waals surface area contributed by atoms with Gasteiger partial charge in [0.2, 0.25) is 0 Å². The van der Waals surface area contributed by atoms with Crippen LogP contribution in [-0.2, 0) is 18.9 Å². The molecule has 140 valence electrons. The molecule has 2 saturated carbocycles. The molecule has 2 bridgehead atoms. The first kappa shape index (κ1) is 19.8. The highest BCUT2D eigenvalue weighted by molar-refractivity contribution is 5.22. The van der Waals surface area contributed by atoms with Gasteiger partial charge in [-0.2, -0.15) is 0 Å². The van der Waals surface area contributed by atoms with Gasteiger partial charge in [0, 0.05) is 0 Å². The van der Waals surface area contributed by atoms with Crippen LogP contribution in [0.25, 0.3) is 0 Å². The minimum Gasteiger partial charge on any atom is -0.377 e. The highest BCUT2D eigenvalue weighted by Gasteiger charge is 2.34. The smallest absolute Gasteiger partial charge is 0.0704 e. The molecule has 0 amide bonds. The first-order valence-electron chi connectivity index (χ1n) is 9.55. The lowest BCUT2D eigenvalue weighted by Crippen LogP contribution is -2.34. The molecule has 2 fully saturated rings. The van der Waals surface area contributed by atoms with Crippen LogP contribution in [0.3, 0.4) is 0 Å². The second-order valence-electron chi connectivity index (χ2n) is 7.29. The van der Waals surface area contributed by atoms with Crippen LogP contribution in [0, 0.1) is 17.8 Å². The molecule has 2 atom stereocenters. The molecule has 0 heterocycles. The molecule has 0 aliphatic heterocycles. The van der Waals surface area contributed by atoms with Crippen molar-refractivity contribution in [2.45, 2.75) is 45.1 Å². The third-order valence-electron chi connectivity index (χ3n) is 5.05. The molecular formula is C19H35NO4. The van der Waals surface area contributed by atoms with E-state index in [1.54, 1.807) is 0 Å². The highest BCUT2D eigenvalue weighted by atomic mass is 16.6. The fourth-order valence-electron chi connectivity index (χ4n) is 4.20. The molecule has 0 aromatic heterocycles. The maximum absolute atomic E-state index is 6.04. The number of rotatable bonds is 13. The topological polar surface area (TPSA) is 49.3 Å². The van der Waals surface area contributed by atoms with Crippen molar-refractivity contribution in [3.8, 4) is 0 Å². The number of ether oxygens (including phenoxy) is 4. The normalized spacial score (nSPS) is 29.5. The van der Waals surface area contributed by atoms with E-state index >= 15 is 0 Å². The Morgan fingerprint density at radius 2 is 1.29 bits per heavy atom. The van der Waals surface area contributed by atoms with Gasteiger partial charge in [0.1, 0.15) is 0 Å². The van der Waals surface area contributed by atoms with Crippen LogP contribution < -0.4 is 0 Å². The quantitative estimate of drug-likeness (QED) is 0.382. The van der Waals surface area contributed by atoms with Crippen LogP contribution in [0.5, 0.6) is 0 Å². The fourth-order valence-corrected chi connectivity index (χ4v) is 4.20. The van der Waals surface area contributed by atoms with E-state index in [2.05, 4.69) is 18.6 Å². The van der Waals surface area contributed by atoms with Gasteiger partial charge in [-0.15, -0.1) is 0 Å². The number of aliphatic imine (C=N–C) groups is 1. The Labute approximate surface area is 147 Å². The number of fused-ring (bicyclic) bond motifs is 2. The van der Waals surface area contributed by atoms with Crippen LogP contribution in [0.1, 0.15) is 39.0 Å². The zero-order valence-electron chi connectivity index (χ0n) is 15.3. The van der Waals surface area contributed by atoms with E-state index in [1.165, 1.54) is 32.1 Å². The lowest BCUT2D eigenvalue weighted by atomic mass is 9.67. The monoisotopic (exact) mass is 341 g/mol. The SMILES string of the molecule is C=NCCOCCOCCOCCOC1CC2CC(C)CC(C2)C1. The molecule has 5 heteroatoms. The van der Waals surface area contributed by atoms with Crippen molar-refractivity contribution in [2.24, 2.45) is 22.7 Å². The summed E-state index contributed by atoms with van der Waals surface area (Å²) in [6, 6.07) is 0. The van der Waals surface area contributed by atoms with Crippen molar-refractivity contribution in [3.63, 3.8) is 0 Å². The van der Waals surface area contributed by atoms with Crippen LogP contribution in [0.15, 0.2) is 4.99 Å². The average Bonchev–Trinajstić information content (AvgIpc) is 2.55. The molecule has 0 aromatic rings. The third kappa shape index (κ3) is 8.06. The van der Waals surface area contributed by atoms with E-state index in [1.807, 2.05) is 0 Å². The van der Waals surface area contributed by atoms with E-state index in [0.717, 1.165) is 17.8 Å². The molecule has 2 rings (SSSR count). The molecule has 2 unspecified atom stereocenters. The molecule has 0 N–H and O–H groups in total. The van der Waals surface area contributed by atoms with Crippen molar-refractivity contribution in [1.29, 1.82) is 0 Å². The third-order valence-corrected chi connectivity index (χ3v) is 5.05. The zero-order valence-corrected chi connectivity index (χ0v) is 15.3. The summed E-state index contributed by atoms with van der Waals surface area (Å²) in [6.07, 6.45) is 7.21. The minimum atomic E-state index is 0.461. The van der Waals surface area contributed by atoms with Gasteiger partial charge in [0.05, 0.1) is 58.9 Å². The van der Waals surface area contributed by atoms with Crippen molar-refractivity contribution >= 4 is 6.72 Å². The summed E-state index contributed by atoms with van der Waals surface area (Å²) >= 11 is 0. The van der Waals surface area contributed by atoms with Gasteiger partial charge in [0.15, 0.2) is 0 Å². The van der Waals surface area contributed by atoms with Crippen LogP contribution in [0.2, 0.25) is 0 Å². The summed E-state index contributed by atoms with van der Waals surface area (Å²) < 4.78 is 22.3. The molecule has 0 aromatic carbocycles. The summed E-state index contributed by atoms with van der Waals surface area (Å²) in [7, 11) is 0. The summed E-state index contributed by atoms with van der Waals surface area (Å²) in [6.45, 7) is 10.8. The van der Waals surface area contributed by atoms with E-state index in [9.17, 15) is 0 Å². The van der Waals surface area contributed by atoms with Gasteiger partial charge in [-0.25, -0.2) is 0 Å². The predicted octanol–water partition coefficient (Wildman–Crippen LogP) is 2.97. The van der Waals surface area contributed by atoms with Crippen molar-refractivity contribution in [3.05, 3.63) is 0 Å². The number of hydrogen-bond acceptors (Lipinski definition) is 5. The van der Waals surface area contributed by atoms with Gasteiger partial charge < -0.3 is 18.9 Å². The standard InChI is InChI=1S/C19H35NO4/c1-16-11-17-13-18(12-16)15-19(14-17)24-10-9-23-8-7-22-6-5-21-4-3-20-2/h16-19H,2-15H2,1H3. The Morgan fingerprint density at radius 1 is 0.750 bits per heavy atom. The highest BCUT2D eigenvalue weighted by Crippen LogP contribution is 2.43. The van der Waals surface area contributed by atoms with E-state index < -0.39 is 0 Å². The van der Waals surface area contributed by atoms with Gasteiger partial charge >= 0.3 is 0 Å². The Morgan fingerprint density at radius 3 is 1.88 bits per heavy atom. The summed E-state index contributed by atoms with van der Waals surface area (Å²) in [5.41, 5.74) is 0. The van der Waals surface area contributed by atoms with E-state index in [0.29, 0.717) is 58.9 Å². The molecule has 0 spiro atoms. The summed E-state index contributed by atoms with van der Waals surface area (Å²) in [5.74, 6) is 2.72. The Kier molecular flexibility index (Phi) is 9.88. The van der Waals surface area contributed by atoms with Gasteiger partial charge in [-0.05, 0) is 56.6 Å². The van der Waals surface area contributed by atoms with E-state index in [-0.39, 0.29) is 0 Å². The first-order valence-corrected chi connectivity index (χ1v) is 9.55. The Balaban J connectivity index is 1.36. The van der Waals surface area contributed by atoms with Crippen LogP contribution >= 0.6 is 0 Å². The van der Waals surface area contributed by atoms with Crippen molar-refractivity contribution in [1.82, 2.24) is 0 Å². The maximum Gasteiger partial charge on any atom is 0.0704 e. The van der Waals surface area contributed by atoms with Gasteiger partial charge in [-0.1, -0.05) is 6.92 Å². The van der Waals surface area contributed by atoms with Gasteiger partial charge in [-0.3, -0.25) is 4.99 Å². The second-order valence-corrected chi connectivity index (χ2v) is 7.29. The molecular weight excluding hydrogens is 306 g/mol. The average molecular weight is 341 g/mol. The lowest BCUT2D eigenvalue weighted by molar-refractivity contribution is -0.0524. The summed E-state index contributed by atoms with van der Waals surface area (Å²) in [4.78, 5) is 3.72.